The highest BCUT2D eigenvalue weighted by Gasteiger charge is 2.27. The molecule has 0 saturated carbocycles. The Balaban J connectivity index is 1.76. The van der Waals surface area contributed by atoms with Crippen LogP contribution in [0.3, 0.4) is 0 Å². The minimum absolute atomic E-state index is 0.186. The van der Waals surface area contributed by atoms with Gasteiger partial charge < -0.3 is 10.6 Å². The van der Waals surface area contributed by atoms with E-state index in [1.165, 1.54) is 12.1 Å². The Morgan fingerprint density at radius 3 is 2.76 bits per heavy atom. The first-order chi connectivity index (χ1) is 14.0. The molecule has 2 N–H and O–H groups in total. The van der Waals surface area contributed by atoms with Crippen LogP contribution in [-0.2, 0) is 0 Å². The number of rotatable bonds is 4. The molecule has 5 nitrogen and oxygen atoms in total. The summed E-state index contributed by atoms with van der Waals surface area (Å²) in [6.07, 6.45) is 3.41. The van der Waals surface area contributed by atoms with E-state index in [1.54, 1.807) is 18.3 Å². The Morgan fingerprint density at radius 2 is 2.00 bits per heavy atom. The third-order valence-corrected chi connectivity index (χ3v) is 5.74. The van der Waals surface area contributed by atoms with E-state index in [2.05, 4.69) is 15.7 Å². The van der Waals surface area contributed by atoms with E-state index in [9.17, 15) is 9.18 Å². The summed E-state index contributed by atoms with van der Waals surface area (Å²) in [5.41, 5.74) is 3.55. The first-order valence-corrected chi connectivity index (χ1v) is 10.0. The van der Waals surface area contributed by atoms with Gasteiger partial charge in [-0.1, -0.05) is 23.7 Å². The molecule has 2 aromatic carbocycles. The van der Waals surface area contributed by atoms with Gasteiger partial charge in [-0.05, 0) is 68.8 Å². The Morgan fingerprint density at radius 1 is 1.24 bits per heavy atom. The van der Waals surface area contributed by atoms with Gasteiger partial charge in [0.1, 0.15) is 5.82 Å². The van der Waals surface area contributed by atoms with Gasteiger partial charge in [0.2, 0.25) is 0 Å². The van der Waals surface area contributed by atoms with Crippen LogP contribution in [-0.4, -0.2) is 28.8 Å². The predicted molar refractivity (Wildman–Crippen MR) is 113 cm³/mol. The summed E-state index contributed by atoms with van der Waals surface area (Å²) in [5, 5.41) is 11.4. The van der Waals surface area contributed by atoms with Gasteiger partial charge in [-0.25, -0.2) is 9.07 Å². The zero-order chi connectivity index (χ0) is 20.4. The van der Waals surface area contributed by atoms with Crippen LogP contribution in [0.5, 0.6) is 0 Å². The first kappa shape index (κ1) is 19.6. The summed E-state index contributed by atoms with van der Waals surface area (Å²) in [6, 6.07) is 11.5. The van der Waals surface area contributed by atoms with Crippen LogP contribution >= 0.6 is 11.6 Å². The lowest BCUT2D eigenvalue weighted by Gasteiger charge is -2.25. The molecular formula is C22H22ClFN4O. The van der Waals surface area contributed by atoms with E-state index in [-0.39, 0.29) is 11.8 Å². The second kappa shape index (κ2) is 8.35. The number of anilines is 1. The van der Waals surface area contributed by atoms with Crippen LogP contribution in [0.2, 0.25) is 5.02 Å². The minimum Gasteiger partial charge on any atom is -0.322 e. The molecule has 7 heteroatoms. The largest absolute Gasteiger partial charge is 0.322 e. The summed E-state index contributed by atoms with van der Waals surface area (Å²) >= 11 is 6.33. The van der Waals surface area contributed by atoms with Crippen molar-refractivity contribution in [2.45, 2.75) is 25.7 Å². The number of carbonyl (C=O) groups is 1. The molecule has 1 amide bonds. The Hall–Kier alpha value is -2.70. The van der Waals surface area contributed by atoms with Gasteiger partial charge in [0.05, 0.1) is 23.1 Å². The molecule has 0 spiro atoms. The van der Waals surface area contributed by atoms with Gasteiger partial charge in [-0.3, -0.25) is 4.79 Å². The van der Waals surface area contributed by atoms with Crippen molar-refractivity contribution in [3.63, 3.8) is 0 Å². The maximum absolute atomic E-state index is 13.5. The van der Waals surface area contributed by atoms with Crippen molar-refractivity contribution in [3.05, 3.63) is 76.3 Å². The van der Waals surface area contributed by atoms with Gasteiger partial charge in [0.15, 0.2) is 0 Å². The van der Waals surface area contributed by atoms with Crippen LogP contribution in [0.4, 0.5) is 10.1 Å². The monoisotopic (exact) mass is 412 g/mol. The summed E-state index contributed by atoms with van der Waals surface area (Å²) in [4.78, 5) is 13.1. The highest BCUT2D eigenvalue weighted by molar-refractivity contribution is 6.31. The van der Waals surface area contributed by atoms with Gasteiger partial charge in [0, 0.05) is 16.6 Å². The highest BCUT2D eigenvalue weighted by Crippen LogP contribution is 2.32. The zero-order valence-corrected chi connectivity index (χ0v) is 16.8. The fourth-order valence-electron chi connectivity index (χ4n) is 3.80. The van der Waals surface area contributed by atoms with Crippen molar-refractivity contribution in [2.75, 3.05) is 18.4 Å². The van der Waals surface area contributed by atoms with Crippen LogP contribution in [0, 0.1) is 12.7 Å². The van der Waals surface area contributed by atoms with Gasteiger partial charge in [0.25, 0.3) is 5.91 Å². The second-order valence-corrected chi connectivity index (χ2v) is 7.64. The average molecular weight is 413 g/mol. The standard InChI is InChI=1S/C22H22ClFN4O/c1-14-19(23)6-3-7-20(14)28-21(15-8-10-25-11-9-15)18(13-26-28)22(29)27-17-5-2-4-16(24)12-17/h2-7,12-13,15,25H,8-11H2,1H3,(H,27,29). The van der Waals surface area contributed by atoms with E-state index in [1.807, 2.05) is 29.8 Å². The maximum Gasteiger partial charge on any atom is 0.259 e. The minimum atomic E-state index is -0.397. The fourth-order valence-corrected chi connectivity index (χ4v) is 3.97. The third kappa shape index (κ3) is 4.04. The molecule has 150 valence electrons. The number of nitrogens with zero attached hydrogens (tertiary/aromatic N) is 2. The predicted octanol–water partition coefficient (Wildman–Crippen LogP) is 4.69. The molecular weight excluding hydrogens is 391 g/mol. The van der Waals surface area contributed by atoms with Gasteiger partial charge in [-0.2, -0.15) is 5.10 Å². The number of piperidine rings is 1. The molecule has 1 aliphatic heterocycles. The molecule has 1 fully saturated rings. The molecule has 2 heterocycles. The third-order valence-electron chi connectivity index (χ3n) is 5.33. The van der Waals surface area contributed by atoms with Crippen molar-refractivity contribution in [1.29, 1.82) is 0 Å². The van der Waals surface area contributed by atoms with Crippen molar-refractivity contribution < 1.29 is 9.18 Å². The normalized spacial score (nSPS) is 14.7. The average Bonchev–Trinajstić information content (AvgIpc) is 3.16. The molecule has 1 saturated heterocycles. The summed E-state index contributed by atoms with van der Waals surface area (Å²) in [7, 11) is 0. The molecule has 4 rings (SSSR count). The van der Waals surface area contributed by atoms with Crippen LogP contribution in [0.25, 0.3) is 5.69 Å². The van der Waals surface area contributed by atoms with Crippen LogP contribution in [0.15, 0.2) is 48.7 Å². The molecule has 1 aliphatic rings. The molecule has 0 atom stereocenters. The number of hydrogen-bond donors (Lipinski definition) is 2. The first-order valence-electron chi connectivity index (χ1n) is 9.65. The van der Waals surface area contributed by atoms with Crippen molar-refractivity contribution >= 4 is 23.2 Å². The molecule has 1 aromatic heterocycles. The molecule has 3 aromatic rings. The maximum atomic E-state index is 13.5. The highest BCUT2D eigenvalue weighted by atomic mass is 35.5. The Bertz CT molecular complexity index is 1040. The number of carbonyl (C=O) groups excluding carboxylic acids is 1. The number of benzene rings is 2. The lowest BCUT2D eigenvalue weighted by atomic mass is 9.91. The fraction of sp³-hybridized carbons (Fsp3) is 0.273. The van der Waals surface area contributed by atoms with Gasteiger partial charge >= 0.3 is 0 Å². The van der Waals surface area contributed by atoms with E-state index >= 15 is 0 Å². The van der Waals surface area contributed by atoms with Crippen molar-refractivity contribution in [3.8, 4) is 5.69 Å². The Kier molecular flexibility index (Phi) is 5.65. The van der Waals surface area contributed by atoms with Crippen molar-refractivity contribution in [2.24, 2.45) is 0 Å². The van der Waals surface area contributed by atoms with E-state index in [0.717, 1.165) is 42.9 Å². The number of hydrogen-bond acceptors (Lipinski definition) is 3. The number of nitrogens with one attached hydrogen (secondary N) is 2. The number of halogens is 2. The number of aromatic nitrogens is 2. The number of amides is 1. The van der Waals surface area contributed by atoms with Crippen LogP contribution < -0.4 is 10.6 Å². The topological polar surface area (TPSA) is 59.0 Å². The molecule has 0 aliphatic carbocycles. The SMILES string of the molecule is Cc1c(Cl)cccc1-n1ncc(C(=O)Nc2cccc(F)c2)c1C1CCNCC1. The van der Waals surface area contributed by atoms with E-state index in [0.29, 0.717) is 16.3 Å². The van der Waals surface area contributed by atoms with Crippen molar-refractivity contribution in [1.82, 2.24) is 15.1 Å². The van der Waals surface area contributed by atoms with Crippen LogP contribution in [0.1, 0.15) is 40.4 Å². The second-order valence-electron chi connectivity index (χ2n) is 7.23. The molecule has 0 bridgehead atoms. The molecule has 0 unspecified atom stereocenters. The summed E-state index contributed by atoms with van der Waals surface area (Å²) in [5.74, 6) is -0.507. The Labute approximate surface area is 173 Å². The summed E-state index contributed by atoms with van der Waals surface area (Å²) in [6.45, 7) is 3.71. The van der Waals surface area contributed by atoms with Gasteiger partial charge in [-0.15, -0.1) is 0 Å². The molecule has 0 radical (unpaired) electrons. The quantitative estimate of drug-likeness (QED) is 0.653. The lowest BCUT2D eigenvalue weighted by molar-refractivity contribution is 0.102. The summed E-state index contributed by atoms with van der Waals surface area (Å²) < 4.78 is 15.3. The van der Waals surface area contributed by atoms with E-state index < -0.39 is 5.82 Å². The lowest BCUT2D eigenvalue weighted by Crippen LogP contribution is -2.29. The molecule has 29 heavy (non-hydrogen) atoms. The zero-order valence-electron chi connectivity index (χ0n) is 16.1. The smallest absolute Gasteiger partial charge is 0.259 e. The van der Waals surface area contributed by atoms with E-state index in [4.69, 9.17) is 11.6 Å².